The van der Waals surface area contributed by atoms with E-state index in [0.29, 0.717) is 15.7 Å². The van der Waals surface area contributed by atoms with Crippen LogP contribution in [0.2, 0.25) is 0 Å². The summed E-state index contributed by atoms with van der Waals surface area (Å²) in [6.07, 6.45) is 0. The molecule has 0 atom stereocenters. The summed E-state index contributed by atoms with van der Waals surface area (Å²) in [7, 11) is 0. The van der Waals surface area contributed by atoms with Crippen LogP contribution >= 0.6 is 11.3 Å². The van der Waals surface area contributed by atoms with Gasteiger partial charge in [0.05, 0.1) is 0 Å². The van der Waals surface area contributed by atoms with E-state index in [2.05, 4.69) is 15.3 Å². The maximum Gasteiger partial charge on any atom is 0.297 e. The van der Waals surface area contributed by atoms with Crippen LogP contribution in [0.5, 0.6) is 5.75 Å². The molecule has 0 aliphatic rings. The quantitative estimate of drug-likeness (QED) is 0.745. The lowest BCUT2D eigenvalue weighted by atomic mass is 9.93. The van der Waals surface area contributed by atoms with Gasteiger partial charge >= 0.3 is 0 Å². The normalized spacial score (nSPS) is 12.0. The summed E-state index contributed by atoms with van der Waals surface area (Å²) in [5.41, 5.74) is 0.477. The molecule has 2 heterocycles. The van der Waals surface area contributed by atoms with Gasteiger partial charge in [0.25, 0.3) is 5.56 Å². The number of hydrogen-bond acceptors (Lipinski definition) is 6. The average Bonchev–Trinajstić information content (AvgIpc) is 2.82. The van der Waals surface area contributed by atoms with Crippen molar-refractivity contribution < 1.29 is 5.11 Å². The van der Waals surface area contributed by atoms with Gasteiger partial charge in [-0.1, -0.05) is 44.2 Å². The van der Waals surface area contributed by atoms with Crippen LogP contribution in [-0.4, -0.2) is 24.9 Å². The van der Waals surface area contributed by atoms with E-state index in [0.717, 1.165) is 5.56 Å². The van der Waals surface area contributed by atoms with Crippen molar-refractivity contribution in [2.24, 2.45) is 0 Å². The van der Waals surface area contributed by atoms with E-state index in [4.69, 9.17) is 0 Å². The van der Waals surface area contributed by atoms with Crippen molar-refractivity contribution in [3.05, 3.63) is 40.3 Å². The molecule has 3 rings (SSSR count). The third kappa shape index (κ3) is 2.40. The lowest BCUT2D eigenvalue weighted by Gasteiger charge is -2.14. The number of nitrogens with zero attached hydrogens (tertiary/aromatic N) is 4. The Morgan fingerprint density at radius 2 is 2.00 bits per heavy atom. The van der Waals surface area contributed by atoms with Crippen LogP contribution < -0.4 is 5.56 Å². The van der Waals surface area contributed by atoms with Crippen molar-refractivity contribution in [1.29, 1.82) is 0 Å². The highest BCUT2D eigenvalue weighted by Crippen LogP contribution is 2.27. The Balaban J connectivity index is 2.22. The molecule has 0 saturated carbocycles. The van der Waals surface area contributed by atoms with E-state index < -0.39 is 0 Å². The Labute approximate surface area is 124 Å². The second-order valence-electron chi connectivity index (χ2n) is 5.76. The van der Waals surface area contributed by atoms with Gasteiger partial charge < -0.3 is 5.11 Å². The van der Waals surface area contributed by atoms with Gasteiger partial charge in [0.1, 0.15) is 16.5 Å². The van der Waals surface area contributed by atoms with Gasteiger partial charge in [-0.25, -0.2) is 0 Å². The Morgan fingerprint density at radius 3 is 2.67 bits per heavy atom. The van der Waals surface area contributed by atoms with Gasteiger partial charge in [-0.2, -0.15) is 9.61 Å². The number of benzene rings is 1. The van der Waals surface area contributed by atoms with E-state index in [9.17, 15) is 9.90 Å². The fourth-order valence-electron chi connectivity index (χ4n) is 1.94. The van der Waals surface area contributed by atoms with Crippen molar-refractivity contribution >= 4 is 16.3 Å². The minimum atomic E-state index is -0.389. The number of aromatic hydroxyl groups is 1. The first-order valence-electron chi connectivity index (χ1n) is 6.43. The van der Waals surface area contributed by atoms with Crippen molar-refractivity contribution in [1.82, 2.24) is 19.8 Å². The molecule has 0 saturated heterocycles. The first kappa shape index (κ1) is 13.7. The third-order valence-electron chi connectivity index (χ3n) is 2.99. The number of phenolic OH excluding ortho intramolecular Hbond substituents is 1. The minimum Gasteiger partial charge on any atom is -0.508 e. The Kier molecular flexibility index (Phi) is 3.02. The number of hydrogen-bond donors (Lipinski definition) is 1. The summed E-state index contributed by atoms with van der Waals surface area (Å²) in [6, 6.07) is 6.73. The molecule has 0 fully saturated rings. The molecule has 1 N–H and O–H groups in total. The lowest BCUT2D eigenvalue weighted by molar-refractivity contribution is 0.475. The molecule has 3 aromatic rings. The van der Waals surface area contributed by atoms with Crippen molar-refractivity contribution in [2.75, 3.05) is 0 Å². The fourth-order valence-corrected chi connectivity index (χ4v) is 2.77. The molecule has 0 radical (unpaired) electrons. The van der Waals surface area contributed by atoms with Crippen LogP contribution in [0.15, 0.2) is 29.1 Å². The maximum absolute atomic E-state index is 12.4. The number of aromatic nitrogens is 4. The van der Waals surface area contributed by atoms with Crippen molar-refractivity contribution in [3.8, 4) is 16.3 Å². The van der Waals surface area contributed by atoms with Gasteiger partial charge in [-0.15, -0.1) is 10.2 Å². The average molecular weight is 302 g/mol. The van der Waals surface area contributed by atoms with Crippen LogP contribution in [0.3, 0.4) is 0 Å². The molecular weight excluding hydrogens is 288 g/mol. The number of rotatable bonds is 1. The Morgan fingerprint density at radius 1 is 1.24 bits per heavy atom. The number of phenols is 1. The summed E-state index contributed by atoms with van der Waals surface area (Å²) in [5, 5.41) is 22.6. The molecule has 0 amide bonds. The summed E-state index contributed by atoms with van der Waals surface area (Å²) in [5.74, 6) is 0.153. The van der Waals surface area contributed by atoms with Crippen LogP contribution in [0, 0.1) is 0 Å². The fraction of sp³-hybridized carbons (Fsp3) is 0.286. The molecule has 7 heteroatoms. The molecular formula is C14H14N4O2S. The standard InChI is InChI=1S/C14H14N4O2S/c1-14(2,3)10-12(20)18-13(16-15-10)21-11(17-18)8-5-4-6-9(19)7-8/h4-7,19H,1-3H3. The number of fused-ring (bicyclic) bond motifs is 1. The van der Waals surface area contributed by atoms with Crippen LogP contribution in [0.4, 0.5) is 0 Å². The molecule has 1 aromatic carbocycles. The van der Waals surface area contributed by atoms with Gasteiger partial charge in [0, 0.05) is 11.0 Å². The molecule has 0 aliphatic carbocycles. The lowest BCUT2D eigenvalue weighted by Crippen LogP contribution is -2.30. The predicted molar refractivity (Wildman–Crippen MR) is 80.7 cm³/mol. The summed E-state index contributed by atoms with van der Waals surface area (Å²) in [6.45, 7) is 5.73. The Bertz CT molecular complexity index is 877. The third-order valence-corrected chi connectivity index (χ3v) is 3.94. The summed E-state index contributed by atoms with van der Waals surface area (Å²) >= 11 is 1.26. The largest absolute Gasteiger partial charge is 0.508 e. The Hall–Kier alpha value is -2.28. The summed E-state index contributed by atoms with van der Waals surface area (Å²) < 4.78 is 1.28. The molecule has 0 aliphatic heterocycles. The molecule has 108 valence electrons. The molecule has 0 bridgehead atoms. The maximum atomic E-state index is 12.4. The molecule has 6 nitrogen and oxygen atoms in total. The minimum absolute atomic E-state index is 0.153. The van der Waals surface area contributed by atoms with Crippen LogP contribution in [0.1, 0.15) is 26.5 Å². The van der Waals surface area contributed by atoms with E-state index in [-0.39, 0.29) is 16.7 Å². The highest BCUT2D eigenvalue weighted by Gasteiger charge is 2.23. The highest BCUT2D eigenvalue weighted by molar-refractivity contribution is 7.19. The molecule has 21 heavy (non-hydrogen) atoms. The topological polar surface area (TPSA) is 80.4 Å². The van der Waals surface area contributed by atoms with Crippen molar-refractivity contribution in [2.45, 2.75) is 26.2 Å². The second-order valence-corrected chi connectivity index (χ2v) is 6.71. The van der Waals surface area contributed by atoms with Crippen LogP contribution in [-0.2, 0) is 5.41 Å². The molecule has 0 unspecified atom stereocenters. The van der Waals surface area contributed by atoms with E-state index in [1.165, 1.54) is 15.9 Å². The van der Waals surface area contributed by atoms with E-state index in [1.807, 2.05) is 26.8 Å². The monoisotopic (exact) mass is 302 g/mol. The van der Waals surface area contributed by atoms with Gasteiger partial charge in [-0.3, -0.25) is 4.79 Å². The predicted octanol–water partition coefficient (Wildman–Crippen LogP) is 2.22. The van der Waals surface area contributed by atoms with Crippen molar-refractivity contribution in [3.63, 3.8) is 0 Å². The molecule has 2 aromatic heterocycles. The zero-order valence-corrected chi connectivity index (χ0v) is 12.7. The highest BCUT2D eigenvalue weighted by atomic mass is 32.1. The smallest absolute Gasteiger partial charge is 0.297 e. The second kappa shape index (κ2) is 4.63. The zero-order chi connectivity index (χ0) is 15.2. The summed E-state index contributed by atoms with van der Waals surface area (Å²) in [4.78, 5) is 12.9. The van der Waals surface area contributed by atoms with Gasteiger partial charge in [0.15, 0.2) is 0 Å². The first-order valence-corrected chi connectivity index (χ1v) is 7.24. The van der Waals surface area contributed by atoms with Gasteiger partial charge in [-0.05, 0) is 12.1 Å². The first-order chi connectivity index (χ1) is 9.86. The van der Waals surface area contributed by atoms with E-state index >= 15 is 0 Å². The van der Waals surface area contributed by atoms with Crippen LogP contribution in [0.25, 0.3) is 15.5 Å². The molecule has 0 spiro atoms. The van der Waals surface area contributed by atoms with Gasteiger partial charge in [0.2, 0.25) is 4.96 Å². The van der Waals surface area contributed by atoms with E-state index in [1.54, 1.807) is 18.2 Å². The SMILES string of the molecule is CC(C)(C)c1nnc2sc(-c3cccc(O)c3)nn2c1=O. The zero-order valence-electron chi connectivity index (χ0n) is 11.9.